The van der Waals surface area contributed by atoms with Crippen molar-refractivity contribution in [1.29, 1.82) is 0 Å². The van der Waals surface area contributed by atoms with Crippen LogP contribution in [0.5, 0.6) is 0 Å². The lowest BCUT2D eigenvalue weighted by Gasteiger charge is -2.32. The van der Waals surface area contributed by atoms with Crippen LogP contribution < -0.4 is 0 Å². The van der Waals surface area contributed by atoms with Gasteiger partial charge in [-0.1, -0.05) is 47.5 Å². The maximum absolute atomic E-state index is 12.0. The van der Waals surface area contributed by atoms with Crippen molar-refractivity contribution in [2.45, 2.75) is 39.0 Å². The topological polar surface area (TPSA) is 17.1 Å². The predicted molar refractivity (Wildman–Crippen MR) is 69.4 cm³/mol. The van der Waals surface area contributed by atoms with Crippen molar-refractivity contribution in [2.75, 3.05) is 0 Å². The molecule has 16 heavy (non-hydrogen) atoms. The summed E-state index contributed by atoms with van der Waals surface area (Å²) in [6.45, 7) is 2.12. The highest BCUT2D eigenvalue weighted by Crippen LogP contribution is 2.37. The van der Waals surface area contributed by atoms with Gasteiger partial charge in [-0.25, -0.2) is 0 Å². The lowest BCUT2D eigenvalue weighted by molar-refractivity contribution is -0.130. The summed E-state index contributed by atoms with van der Waals surface area (Å²) in [5.41, 5.74) is 1.11. The highest BCUT2D eigenvalue weighted by Gasteiger charge is 2.35. The molecule has 1 aromatic carbocycles. The van der Waals surface area contributed by atoms with Gasteiger partial charge in [-0.2, -0.15) is 0 Å². The fourth-order valence-electron chi connectivity index (χ4n) is 2.49. The average Bonchev–Trinajstić information content (AvgIpc) is 2.26. The van der Waals surface area contributed by atoms with Crippen LogP contribution in [0, 0.1) is 5.41 Å². The van der Waals surface area contributed by atoms with Gasteiger partial charge in [-0.05, 0) is 30.9 Å². The molecule has 1 nitrogen and oxygen atoms in total. The van der Waals surface area contributed by atoms with Crippen LogP contribution in [0.15, 0.2) is 28.7 Å². The van der Waals surface area contributed by atoms with Crippen molar-refractivity contribution in [3.8, 4) is 0 Å². The molecule has 86 valence electrons. The summed E-state index contributed by atoms with van der Waals surface area (Å²) in [6.07, 6.45) is 4.93. The Morgan fingerprint density at radius 1 is 1.31 bits per heavy atom. The number of carbonyl (C=O) groups excluding carboxylic acids is 1. The molecule has 1 fully saturated rings. The van der Waals surface area contributed by atoms with Crippen molar-refractivity contribution in [3.63, 3.8) is 0 Å². The standard InChI is InChI=1S/C14H17BrO/c1-14(9-5-4-8-13(14)16)10-11-6-2-3-7-12(11)15/h2-3,6-7H,4-5,8-10H2,1H3. The van der Waals surface area contributed by atoms with E-state index < -0.39 is 0 Å². The minimum Gasteiger partial charge on any atom is -0.299 e. The quantitative estimate of drug-likeness (QED) is 0.796. The molecule has 1 saturated carbocycles. The molecule has 0 aromatic heterocycles. The summed E-state index contributed by atoms with van der Waals surface area (Å²) >= 11 is 3.56. The molecule has 0 N–H and O–H groups in total. The molecule has 2 heteroatoms. The molecule has 0 saturated heterocycles. The van der Waals surface area contributed by atoms with Crippen LogP contribution in [0.1, 0.15) is 38.2 Å². The van der Waals surface area contributed by atoms with Crippen molar-refractivity contribution in [2.24, 2.45) is 5.41 Å². The first kappa shape index (κ1) is 11.8. The third kappa shape index (κ3) is 2.37. The van der Waals surface area contributed by atoms with Gasteiger partial charge in [-0.3, -0.25) is 4.79 Å². The molecule has 1 unspecified atom stereocenters. The lowest BCUT2D eigenvalue weighted by Crippen LogP contribution is -2.33. The van der Waals surface area contributed by atoms with Crippen LogP contribution in [0.25, 0.3) is 0 Å². The molecule has 0 aliphatic heterocycles. The van der Waals surface area contributed by atoms with Gasteiger partial charge >= 0.3 is 0 Å². The Kier molecular flexibility index (Phi) is 3.48. The summed E-state index contributed by atoms with van der Waals surface area (Å²) in [4.78, 5) is 12.0. The van der Waals surface area contributed by atoms with Crippen LogP contribution in [0.2, 0.25) is 0 Å². The zero-order valence-electron chi connectivity index (χ0n) is 9.63. The van der Waals surface area contributed by atoms with E-state index in [0.717, 1.165) is 30.2 Å². The average molecular weight is 281 g/mol. The number of hydrogen-bond donors (Lipinski definition) is 0. The van der Waals surface area contributed by atoms with E-state index >= 15 is 0 Å². The molecule has 0 bridgehead atoms. The van der Waals surface area contributed by atoms with Gasteiger partial charge < -0.3 is 0 Å². The number of Topliss-reactive ketones (excluding diaryl/α,β-unsaturated/α-hetero) is 1. The smallest absolute Gasteiger partial charge is 0.139 e. The molecule has 0 amide bonds. The van der Waals surface area contributed by atoms with Crippen LogP contribution in [-0.4, -0.2) is 5.78 Å². The largest absolute Gasteiger partial charge is 0.299 e. The second-order valence-corrected chi connectivity index (χ2v) is 5.81. The highest BCUT2D eigenvalue weighted by molar-refractivity contribution is 9.10. The summed E-state index contributed by atoms with van der Waals surface area (Å²) in [5, 5.41) is 0. The van der Waals surface area contributed by atoms with Crippen LogP contribution in [0.4, 0.5) is 0 Å². The normalized spacial score (nSPS) is 25.8. The maximum Gasteiger partial charge on any atom is 0.139 e. The van der Waals surface area contributed by atoms with Gasteiger partial charge in [-0.15, -0.1) is 0 Å². The number of halogens is 1. The maximum atomic E-state index is 12.0. The first-order valence-electron chi connectivity index (χ1n) is 5.88. The second-order valence-electron chi connectivity index (χ2n) is 4.96. The van der Waals surface area contributed by atoms with Crippen molar-refractivity contribution in [3.05, 3.63) is 34.3 Å². The Hall–Kier alpha value is -0.630. The third-order valence-corrected chi connectivity index (χ3v) is 4.37. The van der Waals surface area contributed by atoms with Crippen molar-refractivity contribution in [1.82, 2.24) is 0 Å². The van der Waals surface area contributed by atoms with E-state index in [4.69, 9.17) is 0 Å². The zero-order chi connectivity index (χ0) is 11.6. The van der Waals surface area contributed by atoms with Crippen LogP contribution in [0.3, 0.4) is 0 Å². The predicted octanol–water partition coefficient (Wildman–Crippen LogP) is 4.14. The monoisotopic (exact) mass is 280 g/mol. The Morgan fingerprint density at radius 2 is 2.06 bits per heavy atom. The lowest BCUT2D eigenvalue weighted by atomic mass is 9.71. The van der Waals surface area contributed by atoms with E-state index in [1.165, 1.54) is 12.0 Å². The Morgan fingerprint density at radius 3 is 2.75 bits per heavy atom. The Bertz CT molecular complexity index is 399. The zero-order valence-corrected chi connectivity index (χ0v) is 11.2. The molecule has 1 aliphatic rings. The molecular formula is C14H17BrO. The van der Waals surface area contributed by atoms with Crippen molar-refractivity contribution >= 4 is 21.7 Å². The van der Waals surface area contributed by atoms with E-state index in [1.54, 1.807) is 0 Å². The molecule has 0 heterocycles. The summed E-state index contributed by atoms with van der Waals surface area (Å²) in [5.74, 6) is 0.439. The van der Waals surface area contributed by atoms with E-state index in [-0.39, 0.29) is 5.41 Å². The van der Waals surface area contributed by atoms with E-state index in [9.17, 15) is 4.79 Å². The first-order valence-corrected chi connectivity index (χ1v) is 6.68. The summed E-state index contributed by atoms with van der Waals surface area (Å²) < 4.78 is 1.12. The van der Waals surface area contributed by atoms with Crippen LogP contribution >= 0.6 is 15.9 Å². The van der Waals surface area contributed by atoms with Gasteiger partial charge in [0.15, 0.2) is 0 Å². The SMILES string of the molecule is CC1(Cc2ccccc2Br)CCCCC1=O. The number of rotatable bonds is 2. The van der Waals surface area contributed by atoms with Gasteiger partial charge in [0.2, 0.25) is 0 Å². The van der Waals surface area contributed by atoms with E-state index in [0.29, 0.717) is 5.78 Å². The van der Waals surface area contributed by atoms with Crippen LogP contribution in [-0.2, 0) is 11.2 Å². The fourth-order valence-corrected chi connectivity index (χ4v) is 2.92. The first-order chi connectivity index (χ1) is 7.62. The van der Waals surface area contributed by atoms with E-state index in [2.05, 4.69) is 28.9 Å². The second kappa shape index (κ2) is 4.70. The molecule has 0 spiro atoms. The van der Waals surface area contributed by atoms with Gasteiger partial charge in [0.05, 0.1) is 0 Å². The molecule has 0 radical (unpaired) electrons. The van der Waals surface area contributed by atoms with Gasteiger partial charge in [0.1, 0.15) is 5.78 Å². The van der Waals surface area contributed by atoms with Crippen molar-refractivity contribution < 1.29 is 4.79 Å². The Labute approximate surface area is 105 Å². The molecular weight excluding hydrogens is 264 g/mol. The van der Waals surface area contributed by atoms with E-state index in [1.807, 2.05) is 18.2 Å². The molecule has 1 aliphatic carbocycles. The molecule has 2 rings (SSSR count). The molecule has 1 atom stereocenters. The molecule has 1 aromatic rings. The highest BCUT2D eigenvalue weighted by atomic mass is 79.9. The number of benzene rings is 1. The number of ketones is 1. The summed E-state index contributed by atoms with van der Waals surface area (Å²) in [6, 6.07) is 8.21. The van der Waals surface area contributed by atoms with Gasteiger partial charge in [0, 0.05) is 16.3 Å². The Balaban J connectivity index is 2.20. The number of hydrogen-bond acceptors (Lipinski definition) is 1. The minimum absolute atomic E-state index is 0.137. The van der Waals surface area contributed by atoms with Gasteiger partial charge in [0.25, 0.3) is 0 Å². The third-order valence-electron chi connectivity index (χ3n) is 3.59. The fraction of sp³-hybridized carbons (Fsp3) is 0.500. The number of carbonyl (C=O) groups is 1. The minimum atomic E-state index is -0.137. The summed E-state index contributed by atoms with van der Waals surface area (Å²) in [7, 11) is 0.